The number of benzene rings is 1. The van der Waals surface area contributed by atoms with Gasteiger partial charge in [0.2, 0.25) is 5.91 Å². The molecule has 26 heavy (non-hydrogen) atoms. The smallest absolute Gasteiger partial charge is 0.330 e. The Labute approximate surface area is 161 Å². The molecule has 2 heterocycles. The van der Waals surface area contributed by atoms with Crippen molar-refractivity contribution < 1.29 is 19.1 Å². The molecule has 1 aromatic carbocycles. The quantitative estimate of drug-likeness (QED) is 0.744. The zero-order valence-corrected chi connectivity index (χ0v) is 16.1. The van der Waals surface area contributed by atoms with Crippen LogP contribution in [0.25, 0.3) is 0 Å². The first-order valence-corrected chi connectivity index (χ1v) is 9.89. The fourth-order valence-electron chi connectivity index (χ4n) is 3.28. The second-order valence-corrected chi connectivity index (χ2v) is 8.54. The summed E-state index contributed by atoms with van der Waals surface area (Å²) >= 11 is 7.42. The van der Waals surface area contributed by atoms with E-state index in [9.17, 15) is 14.4 Å². The number of fused-ring (bicyclic) bond motifs is 1. The Hall–Kier alpha value is -1.73. The molecule has 3 rings (SSSR count). The Kier molecular flexibility index (Phi) is 5.77. The van der Waals surface area contributed by atoms with Gasteiger partial charge in [0, 0.05) is 23.7 Å². The van der Waals surface area contributed by atoms with Crippen molar-refractivity contribution >= 4 is 41.1 Å². The van der Waals surface area contributed by atoms with Crippen molar-refractivity contribution in [2.24, 2.45) is 0 Å². The molecule has 0 aliphatic carbocycles. The van der Waals surface area contributed by atoms with Crippen LogP contribution in [0.3, 0.4) is 0 Å². The van der Waals surface area contributed by atoms with Gasteiger partial charge in [0.05, 0.1) is 4.87 Å². The van der Waals surface area contributed by atoms with Crippen LogP contribution in [-0.4, -0.2) is 52.5 Å². The molecular formula is C18H21ClN2O4S. The van der Waals surface area contributed by atoms with Crippen molar-refractivity contribution in [3.05, 3.63) is 34.9 Å². The highest BCUT2D eigenvalue weighted by molar-refractivity contribution is 8.01. The number of amides is 2. The van der Waals surface area contributed by atoms with E-state index in [0.717, 1.165) is 12.0 Å². The van der Waals surface area contributed by atoms with Crippen LogP contribution in [0.5, 0.6) is 0 Å². The lowest BCUT2D eigenvalue weighted by molar-refractivity contribution is -0.156. The predicted molar refractivity (Wildman–Crippen MR) is 99.9 cm³/mol. The number of hydrogen-bond acceptors (Lipinski definition) is 5. The normalized spacial score (nSPS) is 24.5. The van der Waals surface area contributed by atoms with Crippen molar-refractivity contribution in [3.63, 3.8) is 0 Å². The van der Waals surface area contributed by atoms with Gasteiger partial charge >= 0.3 is 5.97 Å². The van der Waals surface area contributed by atoms with E-state index in [1.807, 2.05) is 19.1 Å². The average Bonchev–Trinajstić information content (AvgIpc) is 3.11. The molecule has 0 spiro atoms. The maximum Gasteiger partial charge on any atom is 0.330 e. The van der Waals surface area contributed by atoms with Gasteiger partial charge in [-0.25, -0.2) is 4.79 Å². The molecule has 2 aliphatic rings. The van der Waals surface area contributed by atoms with E-state index in [1.54, 1.807) is 28.8 Å². The number of rotatable bonds is 6. The lowest BCUT2D eigenvalue weighted by atomic mass is 10.1. The first-order valence-electron chi connectivity index (χ1n) is 8.53. The molecule has 1 N–H and O–H groups in total. The van der Waals surface area contributed by atoms with Crippen molar-refractivity contribution in [2.45, 2.75) is 37.1 Å². The van der Waals surface area contributed by atoms with Crippen LogP contribution < -0.4 is 5.32 Å². The van der Waals surface area contributed by atoms with Gasteiger partial charge < -0.3 is 15.0 Å². The monoisotopic (exact) mass is 396 g/mol. The molecule has 140 valence electrons. The number of ether oxygens (including phenoxy) is 1. The number of nitrogens with zero attached hydrogens (tertiary/aromatic N) is 1. The fourth-order valence-corrected chi connectivity index (χ4v) is 4.82. The standard InChI is InChI=1S/C18H21ClN2O4S/c1-18-8-6-16(23)21(18)14(11-26-18)17(24)25-10-15(22)20-9-7-12-2-4-13(19)5-3-12/h2-5,14H,6-11H2,1H3,(H,20,22)/t14-,18-/m1/s1. The minimum atomic E-state index is -0.595. The van der Waals surface area contributed by atoms with E-state index in [0.29, 0.717) is 30.2 Å². The number of thioether (sulfide) groups is 1. The molecule has 2 amide bonds. The molecule has 0 saturated carbocycles. The minimum Gasteiger partial charge on any atom is -0.454 e. The summed E-state index contributed by atoms with van der Waals surface area (Å²) < 4.78 is 5.13. The number of esters is 1. The third-order valence-electron chi connectivity index (χ3n) is 4.71. The molecular weight excluding hydrogens is 376 g/mol. The second-order valence-electron chi connectivity index (χ2n) is 6.60. The zero-order valence-electron chi connectivity index (χ0n) is 14.5. The summed E-state index contributed by atoms with van der Waals surface area (Å²) in [5.74, 6) is -0.371. The molecule has 2 saturated heterocycles. The van der Waals surface area contributed by atoms with E-state index in [1.165, 1.54) is 0 Å². The van der Waals surface area contributed by atoms with E-state index >= 15 is 0 Å². The first kappa shape index (κ1) is 19.0. The summed E-state index contributed by atoms with van der Waals surface area (Å²) in [6.07, 6.45) is 1.86. The van der Waals surface area contributed by atoms with Crippen molar-refractivity contribution in [1.82, 2.24) is 10.2 Å². The van der Waals surface area contributed by atoms with Gasteiger partial charge in [-0.3, -0.25) is 9.59 Å². The summed E-state index contributed by atoms with van der Waals surface area (Å²) in [6, 6.07) is 6.80. The van der Waals surface area contributed by atoms with Crippen LogP contribution in [-0.2, 0) is 25.5 Å². The molecule has 1 aromatic rings. The minimum absolute atomic E-state index is 0.0214. The molecule has 8 heteroatoms. The van der Waals surface area contributed by atoms with Gasteiger partial charge in [-0.2, -0.15) is 0 Å². The second kappa shape index (κ2) is 7.88. The Morgan fingerprint density at radius 3 is 2.85 bits per heavy atom. The van der Waals surface area contributed by atoms with E-state index < -0.39 is 12.0 Å². The average molecular weight is 397 g/mol. The Morgan fingerprint density at radius 2 is 2.12 bits per heavy atom. The predicted octanol–water partition coefficient (Wildman–Crippen LogP) is 2.00. The van der Waals surface area contributed by atoms with Crippen molar-refractivity contribution in [1.29, 1.82) is 0 Å². The van der Waals surface area contributed by atoms with Crippen LogP contribution in [0.1, 0.15) is 25.3 Å². The third kappa shape index (κ3) is 4.15. The summed E-state index contributed by atoms with van der Waals surface area (Å²) in [6.45, 7) is 2.08. The Bertz CT molecular complexity index is 712. The SMILES string of the molecule is C[C@@]12CCC(=O)N1[C@@H](C(=O)OCC(=O)NCCc1ccc(Cl)cc1)CS2. The van der Waals surface area contributed by atoms with Crippen molar-refractivity contribution in [2.75, 3.05) is 18.9 Å². The summed E-state index contributed by atoms with van der Waals surface area (Å²) in [5.41, 5.74) is 1.06. The molecule has 6 nitrogen and oxygen atoms in total. The van der Waals surface area contributed by atoms with E-state index in [-0.39, 0.29) is 23.3 Å². The van der Waals surface area contributed by atoms with Crippen LogP contribution in [0.2, 0.25) is 5.02 Å². The lowest BCUT2D eigenvalue weighted by Gasteiger charge is -2.29. The first-order chi connectivity index (χ1) is 12.4. The van der Waals surface area contributed by atoms with Gasteiger partial charge in [-0.15, -0.1) is 11.8 Å². The number of halogens is 1. The maximum absolute atomic E-state index is 12.3. The lowest BCUT2D eigenvalue weighted by Crippen LogP contribution is -2.47. The van der Waals surface area contributed by atoms with E-state index in [2.05, 4.69) is 5.32 Å². The number of nitrogens with one attached hydrogen (secondary N) is 1. The summed E-state index contributed by atoms with van der Waals surface area (Å²) in [5, 5.41) is 3.39. The number of carbonyl (C=O) groups excluding carboxylic acids is 3. The highest BCUT2D eigenvalue weighted by Crippen LogP contribution is 2.47. The molecule has 2 fully saturated rings. The van der Waals surface area contributed by atoms with Gasteiger partial charge in [0.1, 0.15) is 6.04 Å². The highest BCUT2D eigenvalue weighted by Gasteiger charge is 2.53. The molecule has 2 aliphatic heterocycles. The van der Waals surface area contributed by atoms with Crippen LogP contribution in [0.15, 0.2) is 24.3 Å². The molecule has 0 radical (unpaired) electrons. The molecule has 0 unspecified atom stereocenters. The topological polar surface area (TPSA) is 75.7 Å². The fraction of sp³-hybridized carbons (Fsp3) is 0.500. The third-order valence-corrected chi connectivity index (χ3v) is 6.47. The maximum atomic E-state index is 12.3. The van der Waals surface area contributed by atoms with Gasteiger partial charge in [-0.05, 0) is 37.5 Å². The molecule has 0 aromatic heterocycles. The van der Waals surface area contributed by atoms with Crippen LogP contribution >= 0.6 is 23.4 Å². The van der Waals surface area contributed by atoms with Crippen molar-refractivity contribution in [3.8, 4) is 0 Å². The van der Waals surface area contributed by atoms with Gasteiger partial charge in [0.25, 0.3) is 5.91 Å². The van der Waals surface area contributed by atoms with Gasteiger partial charge in [0.15, 0.2) is 6.61 Å². The summed E-state index contributed by atoms with van der Waals surface area (Å²) in [7, 11) is 0. The summed E-state index contributed by atoms with van der Waals surface area (Å²) in [4.78, 5) is 37.5. The Balaban J connectivity index is 1.41. The number of hydrogen-bond donors (Lipinski definition) is 1. The van der Waals surface area contributed by atoms with Gasteiger partial charge in [-0.1, -0.05) is 23.7 Å². The largest absolute Gasteiger partial charge is 0.454 e. The molecule has 2 atom stereocenters. The number of carbonyl (C=O) groups is 3. The van der Waals surface area contributed by atoms with E-state index in [4.69, 9.17) is 16.3 Å². The van der Waals surface area contributed by atoms with Crippen LogP contribution in [0.4, 0.5) is 0 Å². The van der Waals surface area contributed by atoms with Crippen LogP contribution in [0, 0.1) is 0 Å². The molecule has 0 bridgehead atoms. The zero-order chi connectivity index (χ0) is 18.7. The highest BCUT2D eigenvalue weighted by atomic mass is 35.5. The Morgan fingerprint density at radius 1 is 1.38 bits per heavy atom.